The molecule has 4 aromatic rings. The summed E-state index contributed by atoms with van der Waals surface area (Å²) in [5.41, 5.74) is 4.93. The summed E-state index contributed by atoms with van der Waals surface area (Å²) in [7, 11) is 0. The average molecular weight is 557 g/mol. The van der Waals surface area contributed by atoms with E-state index in [1.54, 1.807) is 24.4 Å². The zero-order chi connectivity index (χ0) is 28.1. The average Bonchev–Trinajstić information content (AvgIpc) is 2.99. The third-order valence-corrected chi connectivity index (χ3v) is 6.72. The topological polar surface area (TPSA) is 91.5 Å². The first-order valence-electron chi connectivity index (χ1n) is 12.5. The Balaban J connectivity index is 1.29. The summed E-state index contributed by atoms with van der Waals surface area (Å²) in [4.78, 5) is 19.1. The minimum atomic E-state index is -0.383. The van der Waals surface area contributed by atoms with Gasteiger partial charge in [-0.1, -0.05) is 23.7 Å². The minimum absolute atomic E-state index is 0.112. The molecule has 40 heavy (non-hydrogen) atoms. The zero-order valence-corrected chi connectivity index (χ0v) is 22.4. The molecule has 1 N–H and O–H groups in total. The summed E-state index contributed by atoms with van der Waals surface area (Å²) in [5.74, 6) is 2.30. The number of halogens is 1. The van der Waals surface area contributed by atoms with Crippen molar-refractivity contribution in [2.24, 2.45) is 0 Å². The normalized spacial score (nSPS) is 13.8. The quantitative estimate of drug-likeness (QED) is 0.189. The fourth-order valence-electron chi connectivity index (χ4n) is 4.25. The molecule has 2 heterocycles. The van der Waals surface area contributed by atoms with Gasteiger partial charge in [0.05, 0.1) is 18.7 Å². The second-order valence-corrected chi connectivity index (χ2v) is 9.62. The van der Waals surface area contributed by atoms with Crippen molar-refractivity contribution >= 4 is 23.6 Å². The highest BCUT2D eigenvalue weighted by Gasteiger charge is 2.21. The first-order chi connectivity index (χ1) is 19.5. The lowest BCUT2D eigenvalue weighted by Crippen LogP contribution is -2.32. The van der Waals surface area contributed by atoms with Crippen LogP contribution in [0.2, 0.25) is 5.02 Å². The van der Waals surface area contributed by atoms with Gasteiger partial charge in [0.2, 0.25) is 5.69 Å². The molecule has 0 saturated heterocycles. The molecule has 9 heteroatoms. The van der Waals surface area contributed by atoms with Crippen molar-refractivity contribution in [3.8, 4) is 34.1 Å². The van der Waals surface area contributed by atoms with E-state index in [0.29, 0.717) is 63.3 Å². The van der Waals surface area contributed by atoms with Crippen LogP contribution < -0.4 is 18.9 Å². The molecule has 1 aromatic heterocycles. The summed E-state index contributed by atoms with van der Waals surface area (Å²) in [5, 5.41) is 9.78. The summed E-state index contributed by atoms with van der Waals surface area (Å²) in [6, 6.07) is 16.5. The standard InChI is InChI=1S/C31H25ClN2O6/c1-19-7-21(22-4-6-29-31(10-22)40-26(15-36)18-39-29)3-5-28(19)38-17-24-11-30(23(14-35)9-27(24)32)37-16-20-8-25(33-2)13-34-12-20/h3-14,26,36H,15-18H2,1H3. The first-order valence-corrected chi connectivity index (χ1v) is 12.8. The van der Waals surface area contributed by atoms with Gasteiger partial charge in [0.15, 0.2) is 23.9 Å². The number of carbonyl (C=O) groups is 1. The Morgan fingerprint density at radius 1 is 1.05 bits per heavy atom. The van der Waals surface area contributed by atoms with Crippen LogP contribution in [0.5, 0.6) is 23.0 Å². The molecule has 1 unspecified atom stereocenters. The smallest absolute Gasteiger partial charge is 0.205 e. The number of ether oxygens (including phenoxy) is 4. The molecule has 3 aromatic carbocycles. The van der Waals surface area contributed by atoms with Gasteiger partial charge in [-0.2, -0.15) is 0 Å². The van der Waals surface area contributed by atoms with Gasteiger partial charge in [-0.05, 0) is 71.6 Å². The van der Waals surface area contributed by atoms with E-state index >= 15 is 0 Å². The van der Waals surface area contributed by atoms with Crippen LogP contribution in [0.1, 0.15) is 27.0 Å². The van der Waals surface area contributed by atoms with E-state index in [4.69, 9.17) is 37.1 Å². The number of aldehydes is 1. The lowest BCUT2D eigenvalue weighted by atomic mass is 10.0. The largest absolute Gasteiger partial charge is 0.489 e. The number of hydrogen-bond acceptors (Lipinski definition) is 7. The molecule has 0 fully saturated rings. The number of hydrogen-bond donors (Lipinski definition) is 1. The van der Waals surface area contributed by atoms with Crippen molar-refractivity contribution in [2.75, 3.05) is 13.2 Å². The Morgan fingerprint density at radius 2 is 1.85 bits per heavy atom. The van der Waals surface area contributed by atoms with Gasteiger partial charge in [0.1, 0.15) is 31.3 Å². The number of rotatable bonds is 9. The van der Waals surface area contributed by atoms with Crippen LogP contribution in [0.15, 0.2) is 67.0 Å². The van der Waals surface area contributed by atoms with Gasteiger partial charge in [-0.15, -0.1) is 0 Å². The molecular weight excluding hydrogens is 532 g/mol. The lowest BCUT2D eigenvalue weighted by molar-refractivity contribution is 0.0457. The predicted molar refractivity (Wildman–Crippen MR) is 150 cm³/mol. The van der Waals surface area contributed by atoms with E-state index in [1.807, 2.05) is 43.3 Å². The lowest BCUT2D eigenvalue weighted by Gasteiger charge is -2.25. The molecule has 0 bridgehead atoms. The number of carbonyl (C=O) groups excluding carboxylic acids is 1. The maximum absolute atomic E-state index is 11.6. The molecule has 0 amide bonds. The van der Waals surface area contributed by atoms with E-state index in [-0.39, 0.29) is 25.9 Å². The van der Waals surface area contributed by atoms with Gasteiger partial charge >= 0.3 is 0 Å². The SMILES string of the molecule is [C-]#[N+]c1cncc(COc2cc(COc3ccc(-c4ccc5c(c4)OC(CO)CO5)cc3C)c(Cl)cc2C=O)c1. The van der Waals surface area contributed by atoms with Gasteiger partial charge in [0.25, 0.3) is 0 Å². The molecule has 1 aliphatic rings. The van der Waals surface area contributed by atoms with Gasteiger partial charge in [0, 0.05) is 23.0 Å². The molecule has 0 spiro atoms. The summed E-state index contributed by atoms with van der Waals surface area (Å²) in [6.07, 6.45) is 3.39. The van der Waals surface area contributed by atoms with Crippen molar-refractivity contribution in [1.82, 2.24) is 4.98 Å². The van der Waals surface area contributed by atoms with E-state index in [1.165, 1.54) is 6.20 Å². The number of pyridine rings is 1. The molecule has 202 valence electrons. The van der Waals surface area contributed by atoms with E-state index in [2.05, 4.69) is 9.83 Å². The number of nitrogens with zero attached hydrogens (tertiary/aromatic N) is 2. The van der Waals surface area contributed by atoms with Gasteiger partial charge in [-0.3, -0.25) is 9.78 Å². The number of aryl methyl sites for hydroxylation is 1. The Bertz CT molecular complexity index is 1600. The van der Waals surface area contributed by atoms with Gasteiger partial charge in [-0.25, -0.2) is 4.85 Å². The van der Waals surface area contributed by atoms with Gasteiger partial charge < -0.3 is 24.1 Å². The van der Waals surface area contributed by atoms with Crippen molar-refractivity contribution in [2.45, 2.75) is 26.2 Å². The molecule has 1 atom stereocenters. The molecule has 0 saturated carbocycles. The van der Waals surface area contributed by atoms with Crippen molar-refractivity contribution < 1.29 is 28.8 Å². The fourth-order valence-corrected chi connectivity index (χ4v) is 4.47. The Hall–Kier alpha value is -4.58. The van der Waals surface area contributed by atoms with E-state index < -0.39 is 0 Å². The second-order valence-electron chi connectivity index (χ2n) is 9.22. The number of aliphatic hydroxyl groups excluding tert-OH is 1. The predicted octanol–water partition coefficient (Wildman–Crippen LogP) is 6.36. The molecule has 1 aliphatic heterocycles. The molecule has 8 nitrogen and oxygen atoms in total. The van der Waals surface area contributed by atoms with Crippen LogP contribution in [0.25, 0.3) is 16.0 Å². The third-order valence-electron chi connectivity index (χ3n) is 6.37. The third kappa shape index (κ3) is 6.01. The molecule has 0 radical (unpaired) electrons. The van der Waals surface area contributed by atoms with E-state index in [0.717, 1.165) is 16.7 Å². The van der Waals surface area contributed by atoms with Crippen molar-refractivity contribution in [3.63, 3.8) is 0 Å². The summed E-state index contributed by atoms with van der Waals surface area (Å²) in [6.45, 7) is 9.60. The minimum Gasteiger partial charge on any atom is -0.489 e. The van der Waals surface area contributed by atoms with Crippen molar-refractivity contribution in [1.29, 1.82) is 0 Å². The molecule has 0 aliphatic carbocycles. The maximum atomic E-state index is 11.6. The highest BCUT2D eigenvalue weighted by molar-refractivity contribution is 6.31. The summed E-state index contributed by atoms with van der Waals surface area (Å²) < 4.78 is 23.4. The monoisotopic (exact) mass is 556 g/mol. The Kier molecular flexibility index (Phi) is 8.15. The number of aliphatic hydroxyl groups is 1. The molecular formula is C31H25ClN2O6. The summed E-state index contributed by atoms with van der Waals surface area (Å²) >= 11 is 6.45. The van der Waals surface area contributed by atoms with E-state index in [9.17, 15) is 9.90 Å². The first kappa shape index (κ1) is 27.0. The number of fused-ring (bicyclic) bond motifs is 1. The molecule has 5 rings (SSSR count). The van der Waals surface area contributed by atoms with Crippen LogP contribution in [-0.2, 0) is 13.2 Å². The van der Waals surface area contributed by atoms with Crippen LogP contribution in [0.3, 0.4) is 0 Å². The Labute approximate surface area is 236 Å². The fraction of sp³-hybridized carbons (Fsp3) is 0.194. The zero-order valence-electron chi connectivity index (χ0n) is 21.6. The Morgan fingerprint density at radius 3 is 2.62 bits per heavy atom. The number of benzene rings is 3. The van der Waals surface area contributed by atoms with Crippen LogP contribution in [0.4, 0.5) is 5.69 Å². The second kappa shape index (κ2) is 12.1. The van der Waals surface area contributed by atoms with Crippen LogP contribution >= 0.6 is 11.6 Å². The highest BCUT2D eigenvalue weighted by Crippen LogP contribution is 2.37. The van der Waals surface area contributed by atoms with Crippen LogP contribution in [0, 0.1) is 13.5 Å². The highest BCUT2D eigenvalue weighted by atomic mass is 35.5. The van der Waals surface area contributed by atoms with Crippen LogP contribution in [-0.4, -0.2) is 35.7 Å². The van der Waals surface area contributed by atoms with Crippen molar-refractivity contribution in [3.05, 3.63) is 106 Å². The number of aromatic nitrogens is 1. The maximum Gasteiger partial charge on any atom is 0.205 e.